The fraction of sp³-hybridized carbons (Fsp3) is 0.571. The normalized spacial score (nSPS) is 17.9. The largest absolute Gasteiger partial charge is 0.376 e. The first-order chi connectivity index (χ1) is 13.8. The number of likely N-dealkylation sites (N-methyl/N-ethyl adjacent to an activating group) is 1. The summed E-state index contributed by atoms with van der Waals surface area (Å²) in [6.45, 7) is 7.93. The number of hydrogen-bond donors (Lipinski definition) is 0. The summed E-state index contributed by atoms with van der Waals surface area (Å²) in [5, 5.41) is 0.149. The van der Waals surface area contributed by atoms with Gasteiger partial charge in [-0.15, -0.1) is 0 Å². The van der Waals surface area contributed by atoms with Crippen molar-refractivity contribution in [3.8, 4) is 0 Å². The Bertz CT molecular complexity index is 875. The van der Waals surface area contributed by atoms with Gasteiger partial charge in [0.15, 0.2) is 0 Å². The Balaban J connectivity index is 1.78. The lowest BCUT2D eigenvalue weighted by molar-refractivity contribution is -0.0964. The average molecular weight is 422 g/mol. The minimum absolute atomic E-state index is 0.0384. The van der Waals surface area contributed by atoms with Gasteiger partial charge in [0, 0.05) is 19.6 Å². The Hall–Kier alpha value is -1.74. The molecule has 1 atom stereocenters. The Kier molecular flexibility index (Phi) is 7.45. The standard InChI is InChI=1S/C21H31N3O4S/c1-17(2)12-24-19(13-23(3)14-20-15-27-9-10-28-20)11-22-21(24)29(25,26)16-18-7-5-4-6-8-18/h4-8,11,17,20H,9-10,12-16H2,1-3H3/t20-/m0/s1. The zero-order chi connectivity index (χ0) is 20.9. The van der Waals surface area contributed by atoms with Crippen LogP contribution >= 0.6 is 0 Å². The van der Waals surface area contributed by atoms with Crippen molar-refractivity contribution < 1.29 is 17.9 Å². The molecule has 1 aliphatic rings. The molecule has 2 aromatic rings. The highest BCUT2D eigenvalue weighted by atomic mass is 32.2. The molecule has 1 aromatic carbocycles. The van der Waals surface area contributed by atoms with Crippen molar-refractivity contribution in [3.63, 3.8) is 0 Å². The van der Waals surface area contributed by atoms with Crippen molar-refractivity contribution in [2.75, 3.05) is 33.4 Å². The molecule has 0 bridgehead atoms. The Morgan fingerprint density at radius 1 is 1.24 bits per heavy atom. The number of rotatable bonds is 9. The maximum Gasteiger partial charge on any atom is 0.228 e. The third-order valence-corrected chi connectivity index (χ3v) is 6.35. The third kappa shape index (κ3) is 6.12. The molecule has 0 spiro atoms. The summed E-state index contributed by atoms with van der Waals surface area (Å²) in [7, 11) is -1.54. The molecular weight excluding hydrogens is 390 g/mol. The molecule has 0 radical (unpaired) electrons. The summed E-state index contributed by atoms with van der Waals surface area (Å²) in [6.07, 6.45) is 1.73. The average Bonchev–Trinajstić information content (AvgIpc) is 3.05. The topological polar surface area (TPSA) is 73.7 Å². The summed E-state index contributed by atoms with van der Waals surface area (Å²) in [5.41, 5.74) is 1.66. The van der Waals surface area contributed by atoms with E-state index < -0.39 is 9.84 Å². The van der Waals surface area contributed by atoms with Crippen molar-refractivity contribution in [2.24, 2.45) is 5.92 Å². The molecule has 1 aliphatic heterocycles. The van der Waals surface area contributed by atoms with Crippen LogP contribution in [0.1, 0.15) is 25.1 Å². The van der Waals surface area contributed by atoms with Crippen LogP contribution in [0.15, 0.2) is 41.7 Å². The number of hydrogen-bond acceptors (Lipinski definition) is 6. The van der Waals surface area contributed by atoms with Crippen LogP contribution in [-0.4, -0.2) is 62.4 Å². The van der Waals surface area contributed by atoms with Crippen molar-refractivity contribution in [1.82, 2.24) is 14.5 Å². The second-order valence-corrected chi connectivity index (χ2v) is 9.93. The van der Waals surface area contributed by atoms with E-state index in [2.05, 4.69) is 23.7 Å². The first-order valence-electron chi connectivity index (χ1n) is 10.0. The zero-order valence-electron chi connectivity index (χ0n) is 17.5. The third-order valence-electron chi connectivity index (χ3n) is 4.76. The molecule has 160 valence electrons. The lowest BCUT2D eigenvalue weighted by Crippen LogP contribution is -2.38. The number of imidazole rings is 1. The van der Waals surface area contributed by atoms with E-state index in [0.717, 1.165) is 17.8 Å². The summed E-state index contributed by atoms with van der Waals surface area (Å²) in [6, 6.07) is 9.24. The van der Waals surface area contributed by atoms with Crippen molar-refractivity contribution >= 4 is 9.84 Å². The van der Waals surface area contributed by atoms with Gasteiger partial charge in [0.1, 0.15) is 0 Å². The highest BCUT2D eigenvalue weighted by Crippen LogP contribution is 2.20. The lowest BCUT2D eigenvalue weighted by Gasteiger charge is -2.27. The van der Waals surface area contributed by atoms with Crippen molar-refractivity contribution in [1.29, 1.82) is 0 Å². The SMILES string of the molecule is CC(C)Cn1c(CN(C)C[C@H]2COCCO2)cnc1S(=O)(=O)Cc1ccccc1. The van der Waals surface area contributed by atoms with Gasteiger partial charge in [0.05, 0.1) is 43.6 Å². The van der Waals surface area contributed by atoms with Crippen LogP contribution in [0.4, 0.5) is 0 Å². The minimum atomic E-state index is -3.54. The quantitative estimate of drug-likeness (QED) is 0.619. The summed E-state index contributed by atoms with van der Waals surface area (Å²) in [5.74, 6) is 0.250. The van der Waals surface area contributed by atoms with Crippen LogP contribution in [0.2, 0.25) is 0 Å². The molecule has 1 saturated heterocycles. The molecule has 3 rings (SSSR count). The first-order valence-corrected chi connectivity index (χ1v) is 11.7. The molecule has 1 fully saturated rings. The maximum absolute atomic E-state index is 13.1. The predicted molar refractivity (Wildman–Crippen MR) is 111 cm³/mol. The summed E-state index contributed by atoms with van der Waals surface area (Å²) in [4.78, 5) is 6.46. The Labute approximate surface area is 173 Å². The van der Waals surface area contributed by atoms with Crippen LogP contribution in [0.25, 0.3) is 0 Å². The maximum atomic E-state index is 13.1. The highest BCUT2D eigenvalue weighted by molar-refractivity contribution is 7.90. The molecule has 8 heteroatoms. The molecule has 2 heterocycles. The van der Waals surface area contributed by atoms with Crippen molar-refractivity contribution in [3.05, 3.63) is 47.8 Å². The molecule has 7 nitrogen and oxygen atoms in total. The molecular formula is C21H31N3O4S. The number of benzene rings is 1. The summed E-state index contributed by atoms with van der Waals surface area (Å²) < 4.78 is 39.2. The molecule has 0 aliphatic carbocycles. The number of aromatic nitrogens is 2. The zero-order valence-corrected chi connectivity index (χ0v) is 18.3. The number of nitrogens with zero attached hydrogens (tertiary/aromatic N) is 3. The van der Waals surface area contributed by atoms with E-state index in [1.165, 1.54) is 0 Å². The number of ether oxygens (including phenoxy) is 2. The van der Waals surface area contributed by atoms with Crippen LogP contribution < -0.4 is 0 Å². The first kappa shape index (κ1) is 22.0. The second kappa shape index (κ2) is 9.84. The Morgan fingerprint density at radius 3 is 2.66 bits per heavy atom. The fourth-order valence-corrected chi connectivity index (χ4v) is 5.02. The van der Waals surface area contributed by atoms with Crippen LogP contribution in [0, 0.1) is 5.92 Å². The monoisotopic (exact) mass is 421 g/mol. The van der Waals surface area contributed by atoms with Gasteiger partial charge in [0.2, 0.25) is 15.0 Å². The molecule has 0 saturated carbocycles. The summed E-state index contributed by atoms with van der Waals surface area (Å²) >= 11 is 0. The molecule has 0 amide bonds. The van der Waals surface area contributed by atoms with Crippen molar-refractivity contribution in [2.45, 2.75) is 44.0 Å². The van der Waals surface area contributed by atoms with E-state index >= 15 is 0 Å². The minimum Gasteiger partial charge on any atom is -0.376 e. The van der Waals surface area contributed by atoms with Gasteiger partial charge in [-0.3, -0.25) is 4.90 Å². The molecule has 0 unspecified atom stereocenters. The smallest absolute Gasteiger partial charge is 0.228 e. The van der Waals surface area contributed by atoms with Gasteiger partial charge < -0.3 is 14.0 Å². The van der Waals surface area contributed by atoms with Crippen LogP contribution in [-0.2, 0) is 38.2 Å². The van der Waals surface area contributed by atoms with E-state index in [0.29, 0.717) is 38.8 Å². The molecule has 0 N–H and O–H groups in total. The molecule has 1 aromatic heterocycles. The van der Waals surface area contributed by atoms with Crippen LogP contribution in [0.3, 0.4) is 0 Å². The Morgan fingerprint density at radius 2 is 2.00 bits per heavy atom. The van der Waals surface area contributed by atoms with Gasteiger partial charge >= 0.3 is 0 Å². The molecule has 29 heavy (non-hydrogen) atoms. The van der Waals surface area contributed by atoms with Gasteiger partial charge in [-0.1, -0.05) is 44.2 Å². The second-order valence-electron chi connectivity index (χ2n) is 8.05. The lowest BCUT2D eigenvalue weighted by atomic mass is 10.2. The van der Waals surface area contributed by atoms with Gasteiger partial charge in [-0.25, -0.2) is 13.4 Å². The van der Waals surface area contributed by atoms with E-state index in [4.69, 9.17) is 9.47 Å². The van der Waals surface area contributed by atoms with E-state index in [1.807, 2.05) is 41.9 Å². The predicted octanol–water partition coefficient (Wildman–Crippen LogP) is 2.36. The highest BCUT2D eigenvalue weighted by Gasteiger charge is 2.25. The van der Waals surface area contributed by atoms with E-state index in [9.17, 15) is 8.42 Å². The number of sulfone groups is 1. The fourth-order valence-electron chi connectivity index (χ4n) is 3.52. The van der Waals surface area contributed by atoms with Crippen LogP contribution in [0.5, 0.6) is 0 Å². The van der Waals surface area contributed by atoms with E-state index in [1.54, 1.807) is 6.20 Å². The van der Waals surface area contributed by atoms with E-state index in [-0.39, 0.29) is 17.0 Å². The van der Waals surface area contributed by atoms with Gasteiger partial charge in [-0.2, -0.15) is 0 Å². The van der Waals surface area contributed by atoms with Gasteiger partial charge in [0.25, 0.3) is 0 Å². The van der Waals surface area contributed by atoms with Gasteiger partial charge in [-0.05, 0) is 18.5 Å².